The lowest BCUT2D eigenvalue weighted by Gasteiger charge is -2.21. The first-order valence-electron chi connectivity index (χ1n) is 5.93. The molecule has 0 aliphatic carbocycles. The van der Waals surface area contributed by atoms with Gasteiger partial charge in [-0.2, -0.15) is 0 Å². The molecule has 0 saturated carbocycles. The predicted molar refractivity (Wildman–Crippen MR) is 69.1 cm³/mol. The summed E-state index contributed by atoms with van der Waals surface area (Å²) >= 11 is 0. The minimum Gasteiger partial charge on any atom is -0.491 e. The number of carbonyl (C=O) groups excluding carboxylic acids is 1. The normalized spacial score (nSPS) is 13.8. The van der Waals surface area contributed by atoms with Crippen LogP contribution in [0.1, 0.15) is 27.2 Å². The van der Waals surface area contributed by atoms with E-state index in [-0.39, 0.29) is 11.7 Å². The van der Waals surface area contributed by atoms with Crippen LogP contribution in [0.2, 0.25) is 0 Å². The molecule has 0 aliphatic rings. The van der Waals surface area contributed by atoms with Crippen LogP contribution in [0.5, 0.6) is 5.75 Å². The maximum Gasteiger partial charge on any atom is 0.244 e. The van der Waals surface area contributed by atoms with Crippen LogP contribution in [-0.2, 0) is 4.79 Å². The van der Waals surface area contributed by atoms with Gasteiger partial charge in [0.05, 0.1) is 12.1 Å². The molecule has 5 heteroatoms. The van der Waals surface area contributed by atoms with Gasteiger partial charge in [0.2, 0.25) is 5.91 Å². The molecule has 1 atom stereocenters. The Labute approximate surface area is 106 Å². The Morgan fingerprint density at radius 3 is 2.67 bits per heavy atom. The van der Waals surface area contributed by atoms with Gasteiger partial charge in [0.1, 0.15) is 0 Å². The molecule has 0 fully saturated rings. The average molecular weight is 254 g/mol. The van der Waals surface area contributed by atoms with Gasteiger partial charge in [-0.25, -0.2) is 4.39 Å². The van der Waals surface area contributed by atoms with Crippen molar-refractivity contribution in [2.24, 2.45) is 5.73 Å². The molecule has 0 saturated heterocycles. The zero-order valence-corrected chi connectivity index (χ0v) is 10.9. The third-order valence-corrected chi connectivity index (χ3v) is 2.74. The monoisotopic (exact) mass is 254 g/mol. The minimum absolute atomic E-state index is 0.168. The van der Waals surface area contributed by atoms with Crippen molar-refractivity contribution < 1.29 is 13.9 Å². The summed E-state index contributed by atoms with van der Waals surface area (Å²) in [4.78, 5) is 11.8. The highest BCUT2D eigenvalue weighted by Crippen LogP contribution is 2.22. The zero-order chi connectivity index (χ0) is 13.8. The lowest BCUT2D eigenvalue weighted by Crippen LogP contribution is -2.47. The van der Waals surface area contributed by atoms with E-state index in [2.05, 4.69) is 5.32 Å². The van der Waals surface area contributed by atoms with Gasteiger partial charge in [-0.05, 0) is 32.4 Å². The molecule has 4 nitrogen and oxygen atoms in total. The first kappa shape index (κ1) is 14.4. The lowest BCUT2D eigenvalue weighted by molar-refractivity contribution is -0.120. The highest BCUT2D eigenvalue weighted by Gasteiger charge is 2.26. The van der Waals surface area contributed by atoms with Crippen molar-refractivity contribution in [2.45, 2.75) is 32.7 Å². The van der Waals surface area contributed by atoms with Gasteiger partial charge in [-0.3, -0.25) is 4.79 Å². The molecule has 0 aromatic heterocycles. The second-order valence-electron chi connectivity index (χ2n) is 4.30. The first-order valence-corrected chi connectivity index (χ1v) is 5.93. The molecule has 1 aromatic rings. The number of nitrogens with two attached hydrogens (primary N) is 1. The topological polar surface area (TPSA) is 64.3 Å². The SMILES string of the molecule is CCOc1ccc(NC(=O)C(C)(N)CC)cc1F. The lowest BCUT2D eigenvalue weighted by atomic mass is 9.99. The number of amides is 1. The van der Waals surface area contributed by atoms with Crippen molar-refractivity contribution in [3.63, 3.8) is 0 Å². The number of hydrogen-bond donors (Lipinski definition) is 2. The van der Waals surface area contributed by atoms with Crippen molar-refractivity contribution in [1.82, 2.24) is 0 Å². The molecule has 0 radical (unpaired) electrons. The quantitative estimate of drug-likeness (QED) is 0.847. The largest absolute Gasteiger partial charge is 0.491 e. The molecule has 0 bridgehead atoms. The van der Waals surface area contributed by atoms with Crippen LogP contribution < -0.4 is 15.8 Å². The second-order valence-corrected chi connectivity index (χ2v) is 4.30. The summed E-state index contributed by atoms with van der Waals surface area (Å²) in [6.07, 6.45) is 0.498. The number of benzene rings is 1. The average Bonchev–Trinajstić information content (AvgIpc) is 2.32. The molecule has 100 valence electrons. The summed E-state index contributed by atoms with van der Waals surface area (Å²) in [6.45, 7) is 5.61. The van der Waals surface area contributed by atoms with E-state index in [4.69, 9.17) is 10.5 Å². The minimum atomic E-state index is -0.963. The molecule has 1 aromatic carbocycles. The maximum atomic E-state index is 13.6. The van der Waals surface area contributed by atoms with Gasteiger partial charge in [0.25, 0.3) is 0 Å². The van der Waals surface area contributed by atoms with Crippen molar-refractivity contribution in [2.75, 3.05) is 11.9 Å². The summed E-state index contributed by atoms with van der Waals surface area (Å²) in [6, 6.07) is 4.28. The van der Waals surface area contributed by atoms with Gasteiger partial charge in [-0.1, -0.05) is 6.92 Å². The summed E-state index contributed by atoms with van der Waals surface area (Å²) in [7, 11) is 0. The van der Waals surface area contributed by atoms with Crippen LogP contribution >= 0.6 is 0 Å². The Morgan fingerprint density at radius 2 is 2.17 bits per heavy atom. The molecule has 3 N–H and O–H groups in total. The number of rotatable bonds is 5. The third kappa shape index (κ3) is 3.43. The summed E-state index contributed by atoms with van der Waals surface area (Å²) < 4.78 is 18.6. The number of halogens is 1. The summed E-state index contributed by atoms with van der Waals surface area (Å²) in [5, 5.41) is 2.58. The third-order valence-electron chi connectivity index (χ3n) is 2.74. The molecular weight excluding hydrogens is 235 g/mol. The Hall–Kier alpha value is -1.62. The van der Waals surface area contributed by atoms with Crippen LogP contribution in [0.15, 0.2) is 18.2 Å². The number of nitrogens with one attached hydrogen (secondary N) is 1. The van der Waals surface area contributed by atoms with Crippen molar-refractivity contribution >= 4 is 11.6 Å². The molecule has 0 spiro atoms. The zero-order valence-electron chi connectivity index (χ0n) is 10.9. The molecule has 0 heterocycles. The number of ether oxygens (including phenoxy) is 1. The molecule has 1 unspecified atom stereocenters. The smallest absolute Gasteiger partial charge is 0.244 e. The Balaban J connectivity index is 2.81. The van der Waals surface area contributed by atoms with E-state index in [9.17, 15) is 9.18 Å². The van der Waals surface area contributed by atoms with Crippen LogP contribution in [-0.4, -0.2) is 18.1 Å². The van der Waals surface area contributed by atoms with E-state index in [0.29, 0.717) is 18.7 Å². The first-order chi connectivity index (χ1) is 8.40. The van der Waals surface area contributed by atoms with Crippen LogP contribution in [0, 0.1) is 5.82 Å². The van der Waals surface area contributed by atoms with E-state index in [1.165, 1.54) is 12.1 Å². The van der Waals surface area contributed by atoms with E-state index in [1.54, 1.807) is 19.9 Å². The highest BCUT2D eigenvalue weighted by atomic mass is 19.1. The number of carbonyl (C=O) groups is 1. The molecule has 0 aliphatic heterocycles. The Kier molecular flexibility index (Phi) is 4.67. The van der Waals surface area contributed by atoms with Gasteiger partial charge in [0.15, 0.2) is 11.6 Å². The number of anilines is 1. The van der Waals surface area contributed by atoms with E-state index in [0.717, 1.165) is 0 Å². The Morgan fingerprint density at radius 1 is 1.50 bits per heavy atom. The predicted octanol–water partition coefficient (Wildman–Crippen LogP) is 2.29. The van der Waals surface area contributed by atoms with E-state index in [1.807, 2.05) is 6.92 Å². The van der Waals surface area contributed by atoms with Crippen molar-refractivity contribution in [1.29, 1.82) is 0 Å². The molecular formula is C13H19FN2O2. The van der Waals surface area contributed by atoms with Crippen molar-refractivity contribution in [3.05, 3.63) is 24.0 Å². The second kappa shape index (κ2) is 5.82. The fourth-order valence-corrected chi connectivity index (χ4v) is 1.29. The van der Waals surface area contributed by atoms with Gasteiger partial charge < -0.3 is 15.8 Å². The van der Waals surface area contributed by atoms with Gasteiger partial charge in [-0.15, -0.1) is 0 Å². The van der Waals surface area contributed by atoms with Crippen LogP contribution in [0.3, 0.4) is 0 Å². The summed E-state index contributed by atoms with van der Waals surface area (Å²) in [5.74, 6) is -0.681. The van der Waals surface area contributed by atoms with Gasteiger partial charge in [0, 0.05) is 11.8 Å². The van der Waals surface area contributed by atoms with Crippen LogP contribution in [0.4, 0.5) is 10.1 Å². The Bertz CT molecular complexity index is 433. The molecule has 18 heavy (non-hydrogen) atoms. The fraction of sp³-hybridized carbons (Fsp3) is 0.462. The highest BCUT2D eigenvalue weighted by molar-refractivity contribution is 5.97. The van der Waals surface area contributed by atoms with Crippen molar-refractivity contribution in [3.8, 4) is 5.75 Å². The standard InChI is InChI=1S/C13H19FN2O2/c1-4-13(3,15)12(17)16-9-6-7-11(18-5-2)10(14)8-9/h6-8H,4-5,15H2,1-3H3,(H,16,17). The maximum absolute atomic E-state index is 13.6. The fourth-order valence-electron chi connectivity index (χ4n) is 1.29. The van der Waals surface area contributed by atoms with Crippen LogP contribution in [0.25, 0.3) is 0 Å². The van der Waals surface area contributed by atoms with Gasteiger partial charge >= 0.3 is 0 Å². The number of hydrogen-bond acceptors (Lipinski definition) is 3. The molecule has 1 rings (SSSR count). The van der Waals surface area contributed by atoms with E-state index < -0.39 is 11.4 Å². The summed E-state index contributed by atoms with van der Waals surface area (Å²) in [5.41, 5.74) is 5.20. The van der Waals surface area contributed by atoms with E-state index >= 15 is 0 Å². The molecule has 1 amide bonds.